The van der Waals surface area contributed by atoms with Gasteiger partial charge >= 0.3 is 17.2 Å². The van der Waals surface area contributed by atoms with Crippen LogP contribution in [0.2, 0.25) is 0 Å². The maximum atomic E-state index is 6.49. The Morgan fingerprint density at radius 2 is 0.732 bits per heavy atom. The van der Waals surface area contributed by atoms with Crippen LogP contribution in [-0.4, -0.2) is 21.3 Å². The molecule has 0 unspecified atom stereocenters. The van der Waals surface area contributed by atoms with E-state index in [1.54, 1.807) is 21.3 Å². The lowest BCUT2D eigenvalue weighted by Crippen LogP contribution is -2.06. The third-order valence-corrected chi connectivity index (χ3v) is 8.21. The summed E-state index contributed by atoms with van der Waals surface area (Å²) in [5.41, 5.74) is 3.59. The Morgan fingerprint density at radius 1 is 0.439 bits per heavy atom. The molecule has 41 heavy (non-hydrogen) atoms. The molecule has 0 bridgehead atoms. The first-order valence-electron chi connectivity index (χ1n) is 14.6. The Bertz CT molecular complexity index is 960. The van der Waals surface area contributed by atoms with Crippen LogP contribution in [0.1, 0.15) is 76.0 Å². The highest BCUT2D eigenvalue weighted by molar-refractivity contribution is 7.43. The Hall–Kier alpha value is -2.20. The molecule has 0 N–H and O–H groups in total. The summed E-state index contributed by atoms with van der Waals surface area (Å²) in [6, 6.07) is 24.8. The number of aryl methyl sites for hydroxylation is 3. The van der Waals surface area contributed by atoms with E-state index in [9.17, 15) is 0 Å². The minimum absolute atomic E-state index is 0.846. The van der Waals surface area contributed by atoms with Gasteiger partial charge in [0.15, 0.2) is 0 Å². The van der Waals surface area contributed by atoms with Crippen molar-refractivity contribution in [1.82, 2.24) is 0 Å². The van der Waals surface area contributed by atoms with Crippen molar-refractivity contribution in [3.63, 3.8) is 0 Å². The fourth-order valence-corrected chi connectivity index (χ4v) is 5.60. The summed E-state index contributed by atoms with van der Waals surface area (Å²) < 4.78 is 33.5. The fourth-order valence-electron chi connectivity index (χ4n) is 4.02. The standard InChI is InChI=1S/C30H39O3P.C3H9O3P/c1-4-7-16-25-19-10-13-22-28(25)31-34(32-29-23-14-11-20-26(29)17-8-5-2)33-30-24-15-12-21-27(30)18-9-6-3;1-4-7(5-2)6-3/h10-15,19-24H,4-9,16-18H2,1-3H3;1-3H3. The number of benzene rings is 3. The molecule has 0 spiro atoms. The van der Waals surface area contributed by atoms with Gasteiger partial charge in [0.1, 0.15) is 17.2 Å². The van der Waals surface area contributed by atoms with Crippen LogP contribution >= 0.6 is 17.2 Å². The summed E-state index contributed by atoms with van der Waals surface area (Å²) >= 11 is 0. The number of hydrogen-bond acceptors (Lipinski definition) is 6. The second kappa shape index (κ2) is 21.5. The lowest BCUT2D eigenvalue weighted by atomic mass is 10.1. The average Bonchev–Trinajstić information content (AvgIpc) is 3.01. The van der Waals surface area contributed by atoms with E-state index >= 15 is 0 Å². The molecule has 0 aliphatic carbocycles. The summed E-state index contributed by atoms with van der Waals surface area (Å²) in [6.07, 6.45) is 9.75. The van der Waals surface area contributed by atoms with E-state index in [2.05, 4.69) is 70.7 Å². The van der Waals surface area contributed by atoms with Gasteiger partial charge in [0.05, 0.1) is 0 Å². The van der Waals surface area contributed by atoms with Crippen LogP contribution in [0.5, 0.6) is 17.2 Å². The van der Waals surface area contributed by atoms with Crippen molar-refractivity contribution in [2.75, 3.05) is 21.3 Å². The first-order chi connectivity index (χ1) is 20.1. The third kappa shape index (κ3) is 13.1. The Morgan fingerprint density at radius 3 is 0.976 bits per heavy atom. The van der Waals surface area contributed by atoms with E-state index < -0.39 is 17.2 Å². The van der Waals surface area contributed by atoms with Crippen molar-refractivity contribution >= 4 is 17.2 Å². The van der Waals surface area contributed by atoms with Gasteiger partial charge in [-0.1, -0.05) is 94.6 Å². The molecule has 3 aromatic rings. The molecular formula is C33H48O6P2. The Kier molecular flexibility index (Phi) is 18.3. The first-order valence-corrected chi connectivity index (χ1v) is 16.8. The molecule has 0 radical (unpaired) electrons. The maximum absolute atomic E-state index is 6.49. The molecule has 0 aliphatic heterocycles. The minimum atomic E-state index is -1.68. The van der Waals surface area contributed by atoms with Crippen molar-refractivity contribution in [1.29, 1.82) is 0 Å². The van der Waals surface area contributed by atoms with Crippen LogP contribution in [0.25, 0.3) is 0 Å². The zero-order chi connectivity index (χ0) is 29.7. The highest BCUT2D eigenvalue weighted by atomic mass is 31.2. The topological polar surface area (TPSA) is 55.4 Å². The van der Waals surface area contributed by atoms with Crippen molar-refractivity contribution in [2.45, 2.75) is 78.6 Å². The van der Waals surface area contributed by atoms with Crippen LogP contribution in [-0.2, 0) is 32.8 Å². The largest absolute Gasteiger partial charge is 0.530 e. The molecule has 0 saturated heterocycles. The van der Waals surface area contributed by atoms with Gasteiger partial charge in [0.25, 0.3) is 0 Å². The van der Waals surface area contributed by atoms with Gasteiger partial charge in [0, 0.05) is 21.3 Å². The molecule has 3 aromatic carbocycles. The van der Waals surface area contributed by atoms with E-state index in [1.807, 2.05) is 36.4 Å². The normalized spacial score (nSPS) is 10.8. The van der Waals surface area contributed by atoms with E-state index in [0.717, 1.165) is 75.0 Å². The van der Waals surface area contributed by atoms with E-state index in [-0.39, 0.29) is 0 Å². The average molecular weight is 603 g/mol. The number of para-hydroxylation sites is 3. The van der Waals surface area contributed by atoms with Crippen LogP contribution in [0.3, 0.4) is 0 Å². The zero-order valence-corrected chi connectivity index (χ0v) is 27.4. The second-order valence-corrected chi connectivity index (χ2v) is 11.9. The van der Waals surface area contributed by atoms with Crippen LogP contribution < -0.4 is 13.6 Å². The number of hydrogen-bond donors (Lipinski definition) is 0. The summed E-state index contributed by atoms with van der Waals surface area (Å²) in [7, 11) is 1.88. The number of unbranched alkanes of at least 4 members (excludes halogenated alkanes) is 3. The molecule has 6 nitrogen and oxygen atoms in total. The first kappa shape index (κ1) is 35.0. The Labute approximate surface area is 250 Å². The highest BCUT2D eigenvalue weighted by Gasteiger charge is 2.23. The molecule has 0 heterocycles. The van der Waals surface area contributed by atoms with Crippen molar-refractivity contribution in [3.05, 3.63) is 89.5 Å². The molecular weight excluding hydrogens is 554 g/mol. The maximum Gasteiger partial charge on any atom is 0.530 e. The molecule has 0 saturated carbocycles. The predicted octanol–water partition coefficient (Wildman–Crippen LogP) is 10.6. The quantitative estimate of drug-likeness (QED) is 0.135. The molecule has 8 heteroatoms. The van der Waals surface area contributed by atoms with Gasteiger partial charge in [-0.05, 0) is 73.4 Å². The van der Waals surface area contributed by atoms with Crippen molar-refractivity contribution in [2.24, 2.45) is 0 Å². The molecule has 226 valence electrons. The van der Waals surface area contributed by atoms with E-state index in [4.69, 9.17) is 13.6 Å². The summed E-state index contributed by atoms with van der Waals surface area (Å²) in [4.78, 5) is 0. The third-order valence-electron chi connectivity index (χ3n) is 6.28. The second-order valence-electron chi connectivity index (χ2n) is 9.40. The summed E-state index contributed by atoms with van der Waals surface area (Å²) in [5.74, 6) is 2.54. The molecule has 3 rings (SSSR count). The minimum Gasteiger partial charge on any atom is -0.408 e. The lowest BCUT2D eigenvalue weighted by molar-refractivity contribution is 0.239. The van der Waals surface area contributed by atoms with Crippen molar-refractivity contribution < 1.29 is 27.1 Å². The summed E-state index contributed by atoms with van der Waals surface area (Å²) in [6.45, 7) is 6.63. The molecule has 0 aromatic heterocycles. The fraction of sp³-hybridized carbons (Fsp3) is 0.455. The van der Waals surface area contributed by atoms with Crippen LogP contribution in [0.4, 0.5) is 0 Å². The van der Waals surface area contributed by atoms with Crippen LogP contribution in [0.15, 0.2) is 72.8 Å². The van der Waals surface area contributed by atoms with Gasteiger partial charge in [-0.3, -0.25) is 0 Å². The number of rotatable bonds is 18. The zero-order valence-electron chi connectivity index (χ0n) is 25.6. The predicted molar refractivity (Wildman–Crippen MR) is 172 cm³/mol. The van der Waals surface area contributed by atoms with Gasteiger partial charge in [-0.2, -0.15) is 0 Å². The van der Waals surface area contributed by atoms with E-state index in [0.29, 0.717) is 0 Å². The molecule has 0 fully saturated rings. The molecule has 0 aliphatic rings. The van der Waals surface area contributed by atoms with Gasteiger partial charge in [-0.25, -0.2) is 0 Å². The van der Waals surface area contributed by atoms with E-state index in [1.165, 1.54) is 16.7 Å². The Balaban J connectivity index is 0.000000745. The monoisotopic (exact) mass is 602 g/mol. The highest BCUT2D eigenvalue weighted by Crippen LogP contribution is 2.45. The van der Waals surface area contributed by atoms with Crippen molar-refractivity contribution in [3.8, 4) is 17.2 Å². The van der Waals surface area contributed by atoms with Crippen LogP contribution in [0, 0.1) is 0 Å². The molecule has 0 amide bonds. The van der Waals surface area contributed by atoms with Gasteiger partial charge in [0.2, 0.25) is 0 Å². The van der Waals surface area contributed by atoms with Gasteiger partial charge < -0.3 is 27.1 Å². The smallest absolute Gasteiger partial charge is 0.408 e. The SMILES string of the molecule is CCCCc1ccccc1OP(Oc1ccccc1CCCC)Oc1ccccc1CCCC.COP(OC)OC. The van der Waals surface area contributed by atoms with Gasteiger partial charge in [-0.15, -0.1) is 0 Å². The molecule has 0 atom stereocenters. The summed E-state index contributed by atoms with van der Waals surface area (Å²) in [5, 5.41) is 0. The lowest BCUT2D eigenvalue weighted by Gasteiger charge is -2.22.